The number of hydrogen-bond donors (Lipinski definition) is 2. The van der Waals surface area contributed by atoms with Crippen LogP contribution in [0.15, 0.2) is 42.5 Å². The van der Waals surface area contributed by atoms with Gasteiger partial charge in [0.1, 0.15) is 5.75 Å². The summed E-state index contributed by atoms with van der Waals surface area (Å²) in [7, 11) is 1.93. The summed E-state index contributed by atoms with van der Waals surface area (Å²) in [6.07, 6.45) is 5.54. The number of halogens is 1. The third-order valence-corrected chi connectivity index (χ3v) is 6.82. The second-order valence-corrected chi connectivity index (χ2v) is 9.41. The molecular formula is C28H39ClN2O6. The molecule has 204 valence electrons. The van der Waals surface area contributed by atoms with Crippen LogP contribution < -0.4 is 9.47 Å². The van der Waals surface area contributed by atoms with E-state index in [0.717, 1.165) is 56.3 Å². The lowest BCUT2D eigenvalue weighted by molar-refractivity contribution is -0.143. The molecule has 2 aromatic carbocycles. The number of amides is 1. The number of rotatable bonds is 10. The highest BCUT2D eigenvalue weighted by Crippen LogP contribution is 2.47. The van der Waals surface area contributed by atoms with Crippen molar-refractivity contribution in [3.63, 3.8) is 0 Å². The summed E-state index contributed by atoms with van der Waals surface area (Å²) in [4.78, 5) is 26.5. The lowest BCUT2D eigenvalue weighted by Gasteiger charge is -2.24. The van der Waals surface area contributed by atoms with Gasteiger partial charge in [0, 0.05) is 31.6 Å². The van der Waals surface area contributed by atoms with E-state index in [1.54, 1.807) is 24.3 Å². The lowest BCUT2D eigenvalue weighted by atomic mass is 9.83. The SMILES string of the molecule is CCCCN(C=O)CCCC.CN1CC(c2ccc3c(c2)OCO3)C(C(=O)O)C1c1ccc(O)cc1.Cl. The Balaban J connectivity index is 0.000000344. The summed E-state index contributed by atoms with van der Waals surface area (Å²) in [5.74, 6) is -0.0474. The Bertz CT molecular complexity index is 995. The molecule has 9 heteroatoms. The number of unbranched alkanes of at least 4 members (excludes halogenated alkanes) is 2. The summed E-state index contributed by atoms with van der Waals surface area (Å²) in [5, 5.41) is 19.4. The van der Waals surface area contributed by atoms with E-state index in [1.165, 1.54) is 0 Å². The van der Waals surface area contributed by atoms with Crippen LogP contribution in [0.4, 0.5) is 0 Å². The molecule has 3 unspecified atom stereocenters. The van der Waals surface area contributed by atoms with Gasteiger partial charge in [0.25, 0.3) is 0 Å². The highest BCUT2D eigenvalue weighted by molar-refractivity contribution is 5.85. The van der Waals surface area contributed by atoms with Gasteiger partial charge in [0.15, 0.2) is 11.5 Å². The topological polar surface area (TPSA) is 99.5 Å². The van der Waals surface area contributed by atoms with E-state index in [1.807, 2.05) is 30.1 Å². The molecule has 3 atom stereocenters. The molecule has 8 nitrogen and oxygen atoms in total. The zero-order valence-electron chi connectivity index (χ0n) is 21.8. The number of carboxylic acid groups (broad SMARTS) is 1. The lowest BCUT2D eigenvalue weighted by Crippen LogP contribution is -2.26. The van der Waals surface area contributed by atoms with Crippen molar-refractivity contribution in [2.24, 2.45) is 5.92 Å². The first-order chi connectivity index (χ1) is 17.4. The molecule has 0 spiro atoms. The molecule has 0 radical (unpaired) electrons. The van der Waals surface area contributed by atoms with Gasteiger partial charge in [0.05, 0.1) is 5.92 Å². The second-order valence-electron chi connectivity index (χ2n) is 9.41. The van der Waals surface area contributed by atoms with Gasteiger partial charge in [-0.2, -0.15) is 0 Å². The highest BCUT2D eigenvalue weighted by atomic mass is 35.5. The third kappa shape index (κ3) is 7.76. The Morgan fingerprint density at radius 3 is 2.19 bits per heavy atom. The minimum atomic E-state index is -0.829. The second kappa shape index (κ2) is 14.7. The third-order valence-electron chi connectivity index (χ3n) is 6.82. The van der Waals surface area contributed by atoms with E-state index in [-0.39, 0.29) is 36.9 Å². The maximum Gasteiger partial charge on any atom is 0.309 e. The number of aliphatic carboxylic acids is 1. The normalized spacial score (nSPS) is 19.9. The van der Waals surface area contributed by atoms with Crippen molar-refractivity contribution in [1.82, 2.24) is 9.80 Å². The van der Waals surface area contributed by atoms with Gasteiger partial charge in [-0.1, -0.05) is 44.9 Å². The molecule has 0 aliphatic carbocycles. The van der Waals surface area contributed by atoms with Crippen LogP contribution in [-0.4, -0.2) is 65.9 Å². The average molecular weight is 535 g/mol. The smallest absolute Gasteiger partial charge is 0.309 e. The van der Waals surface area contributed by atoms with Crippen LogP contribution in [0.25, 0.3) is 0 Å². The molecule has 2 heterocycles. The number of aromatic hydroxyl groups is 1. The molecule has 4 rings (SSSR count). The van der Waals surface area contributed by atoms with Gasteiger partial charge in [-0.3, -0.25) is 14.5 Å². The van der Waals surface area contributed by atoms with Crippen molar-refractivity contribution in [2.45, 2.75) is 51.5 Å². The molecule has 0 bridgehead atoms. The standard InChI is InChI=1S/C19H19NO5.C9H19NO.ClH/c1-20-9-14(12-4-7-15-16(8-12)25-10-24-15)17(19(22)23)18(20)11-2-5-13(21)6-3-11;1-3-5-7-10(9-11)8-6-4-2;/h2-8,14,17-18,21H,9-10H2,1H3,(H,22,23);9H,3-8H2,1-2H3;1H. The minimum Gasteiger partial charge on any atom is -0.508 e. The molecule has 2 N–H and O–H groups in total. The van der Waals surface area contributed by atoms with Crippen LogP contribution in [0.5, 0.6) is 17.2 Å². The van der Waals surface area contributed by atoms with Crippen molar-refractivity contribution < 1.29 is 29.3 Å². The summed E-state index contributed by atoms with van der Waals surface area (Å²) in [6, 6.07) is 12.1. The van der Waals surface area contributed by atoms with E-state index in [0.29, 0.717) is 18.0 Å². The van der Waals surface area contributed by atoms with Crippen molar-refractivity contribution >= 4 is 24.8 Å². The largest absolute Gasteiger partial charge is 0.508 e. The number of phenols is 1. The monoisotopic (exact) mass is 534 g/mol. The van der Waals surface area contributed by atoms with Crippen LogP contribution in [-0.2, 0) is 9.59 Å². The molecule has 1 amide bonds. The zero-order chi connectivity index (χ0) is 26.1. The maximum absolute atomic E-state index is 12.1. The molecule has 2 aromatic rings. The fraction of sp³-hybridized carbons (Fsp3) is 0.500. The van der Waals surface area contributed by atoms with E-state index >= 15 is 0 Å². The first-order valence-electron chi connectivity index (χ1n) is 12.7. The highest BCUT2D eigenvalue weighted by Gasteiger charge is 2.46. The predicted octanol–water partition coefficient (Wildman–Crippen LogP) is 5.06. The van der Waals surface area contributed by atoms with Crippen LogP contribution in [0.3, 0.4) is 0 Å². The molecule has 37 heavy (non-hydrogen) atoms. The van der Waals surface area contributed by atoms with Gasteiger partial charge < -0.3 is 24.6 Å². The molecule has 2 aliphatic heterocycles. The number of likely N-dealkylation sites (tertiary alicyclic amines) is 1. The molecule has 0 saturated carbocycles. The van der Waals surface area contributed by atoms with E-state index in [4.69, 9.17) is 9.47 Å². The van der Waals surface area contributed by atoms with Crippen molar-refractivity contribution in [1.29, 1.82) is 0 Å². The van der Waals surface area contributed by atoms with Crippen LogP contribution >= 0.6 is 12.4 Å². The van der Waals surface area contributed by atoms with Gasteiger partial charge in [-0.15, -0.1) is 12.4 Å². The quantitative estimate of drug-likeness (QED) is 0.411. The minimum absolute atomic E-state index is 0. The molecule has 1 saturated heterocycles. The van der Waals surface area contributed by atoms with Gasteiger partial charge in [-0.25, -0.2) is 0 Å². The number of benzene rings is 2. The maximum atomic E-state index is 12.1. The first-order valence-corrected chi connectivity index (χ1v) is 12.7. The zero-order valence-corrected chi connectivity index (χ0v) is 22.7. The number of hydrogen-bond acceptors (Lipinski definition) is 6. The number of likely N-dealkylation sites (N-methyl/N-ethyl adjacent to an activating group) is 1. The van der Waals surface area contributed by atoms with Gasteiger partial charge in [-0.05, 0) is 55.3 Å². The molecule has 0 aromatic heterocycles. The number of phenolic OH excluding ortho intramolecular Hbond substituents is 1. The number of carbonyl (C=O) groups is 2. The predicted molar refractivity (Wildman–Crippen MR) is 145 cm³/mol. The van der Waals surface area contributed by atoms with E-state index in [9.17, 15) is 19.8 Å². The summed E-state index contributed by atoms with van der Waals surface area (Å²) in [6.45, 7) is 6.97. The van der Waals surface area contributed by atoms with Gasteiger partial charge in [0.2, 0.25) is 13.2 Å². The van der Waals surface area contributed by atoms with E-state index in [2.05, 4.69) is 18.7 Å². The number of carboxylic acids is 1. The van der Waals surface area contributed by atoms with Crippen molar-refractivity contribution in [3.8, 4) is 17.2 Å². The van der Waals surface area contributed by atoms with Crippen LogP contribution in [0.1, 0.15) is 62.6 Å². The number of ether oxygens (including phenoxy) is 2. The molecular weight excluding hydrogens is 496 g/mol. The van der Waals surface area contributed by atoms with Crippen LogP contribution in [0.2, 0.25) is 0 Å². The first kappa shape index (κ1) is 30.3. The number of nitrogens with zero attached hydrogens (tertiary/aromatic N) is 2. The number of carbonyl (C=O) groups excluding carboxylic acids is 1. The number of fused-ring (bicyclic) bond motifs is 1. The fourth-order valence-corrected chi connectivity index (χ4v) is 4.87. The molecule has 1 fully saturated rings. The summed E-state index contributed by atoms with van der Waals surface area (Å²) < 4.78 is 10.8. The van der Waals surface area contributed by atoms with Crippen LogP contribution in [0, 0.1) is 5.92 Å². The Hall–Kier alpha value is -2.97. The van der Waals surface area contributed by atoms with Crippen molar-refractivity contribution in [3.05, 3.63) is 53.6 Å². The average Bonchev–Trinajstić information content (AvgIpc) is 3.49. The Morgan fingerprint density at radius 2 is 1.62 bits per heavy atom. The summed E-state index contributed by atoms with van der Waals surface area (Å²) in [5.41, 5.74) is 1.82. The Morgan fingerprint density at radius 1 is 1.03 bits per heavy atom. The summed E-state index contributed by atoms with van der Waals surface area (Å²) >= 11 is 0. The van der Waals surface area contributed by atoms with E-state index < -0.39 is 11.9 Å². The van der Waals surface area contributed by atoms with Gasteiger partial charge >= 0.3 is 5.97 Å². The molecule has 2 aliphatic rings. The fourth-order valence-electron chi connectivity index (χ4n) is 4.87. The Labute approximate surface area is 225 Å². The Kier molecular flexibility index (Phi) is 12.0. The van der Waals surface area contributed by atoms with Crippen molar-refractivity contribution in [2.75, 3.05) is 33.5 Å².